The van der Waals surface area contributed by atoms with Crippen molar-refractivity contribution in [1.29, 1.82) is 0 Å². The predicted octanol–water partition coefficient (Wildman–Crippen LogP) is 3.64. The second-order valence-electron chi connectivity index (χ2n) is 4.15. The third-order valence-electron chi connectivity index (χ3n) is 2.94. The molecule has 0 saturated heterocycles. The summed E-state index contributed by atoms with van der Waals surface area (Å²) in [6, 6.07) is 3.78. The molecule has 106 valence electrons. The average molecular weight is 304 g/mol. The van der Waals surface area contributed by atoms with Gasteiger partial charge in [-0.3, -0.25) is 9.69 Å². The first-order valence-electron chi connectivity index (χ1n) is 6.25. The van der Waals surface area contributed by atoms with E-state index < -0.39 is 0 Å². The Morgan fingerprint density at radius 2 is 1.79 bits per heavy atom. The molecule has 0 fully saturated rings. The van der Waals surface area contributed by atoms with E-state index in [-0.39, 0.29) is 18.5 Å². The van der Waals surface area contributed by atoms with Crippen LogP contribution in [0.2, 0.25) is 5.02 Å². The quantitative estimate of drug-likeness (QED) is 0.593. The summed E-state index contributed by atoms with van der Waals surface area (Å²) < 4.78 is 5.12. The summed E-state index contributed by atoms with van der Waals surface area (Å²) >= 11 is 11.8. The molecule has 0 heterocycles. The van der Waals surface area contributed by atoms with E-state index in [1.807, 2.05) is 26.0 Å². The van der Waals surface area contributed by atoms with Crippen molar-refractivity contribution in [3.63, 3.8) is 0 Å². The molecule has 0 aliphatic carbocycles. The fourth-order valence-corrected chi connectivity index (χ4v) is 2.47. The van der Waals surface area contributed by atoms with Gasteiger partial charge in [0.15, 0.2) is 0 Å². The summed E-state index contributed by atoms with van der Waals surface area (Å²) in [6.45, 7) is 4.25. The number of halogens is 2. The molecular formula is C14H19Cl2NO2. The van der Waals surface area contributed by atoms with E-state index in [9.17, 15) is 4.79 Å². The second kappa shape index (κ2) is 7.73. The van der Waals surface area contributed by atoms with E-state index >= 15 is 0 Å². The van der Waals surface area contributed by atoms with Crippen molar-refractivity contribution < 1.29 is 9.53 Å². The first-order chi connectivity index (χ1) is 9.08. The topological polar surface area (TPSA) is 29.5 Å². The van der Waals surface area contributed by atoms with E-state index in [4.69, 9.17) is 27.9 Å². The second-order valence-corrected chi connectivity index (χ2v) is 4.86. The zero-order chi connectivity index (χ0) is 14.4. The molecule has 0 aliphatic heterocycles. The summed E-state index contributed by atoms with van der Waals surface area (Å²) in [5.74, 6) is -0.242. The third kappa shape index (κ3) is 3.85. The Balaban J connectivity index is 3.38. The highest BCUT2D eigenvalue weighted by molar-refractivity contribution is 6.31. The van der Waals surface area contributed by atoms with E-state index in [0.29, 0.717) is 5.02 Å². The van der Waals surface area contributed by atoms with Gasteiger partial charge in [0.2, 0.25) is 5.91 Å². The lowest BCUT2D eigenvalue weighted by Crippen LogP contribution is -2.35. The maximum Gasteiger partial charge on any atom is 0.243 e. The van der Waals surface area contributed by atoms with Gasteiger partial charge in [-0.05, 0) is 36.1 Å². The number of aryl methyl sites for hydroxylation is 2. The van der Waals surface area contributed by atoms with Crippen molar-refractivity contribution in [2.45, 2.75) is 26.7 Å². The molecule has 0 spiro atoms. The van der Waals surface area contributed by atoms with Gasteiger partial charge in [-0.15, -0.1) is 11.6 Å². The number of carbonyl (C=O) groups is 1. The molecule has 0 saturated carbocycles. The molecule has 1 aromatic carbocycles. The Morgan fingerprint density at radius 1 is 1.26 bits per heavy atom. The smallest absolute Gasteiger partial charge is 0.243 e. The van der Waals surface area contributed by atoms with E-state index in [1.54, 1.807) is 12.0 Å². The number of rotatable bonds is 6. The molecule has 1 amide bonds. The lowest BCUT2D eigenvalue weighted by molar-refractivity contribution is -0.117. The van der Waals surface area contributed by atoms with Crippen LogP contribution in [-0.4, -0.2) is 25.6 Å². The van der Waals surface area contributed by atoms with Gasteiger partial charge in [-0.25, -0.2) is 0 Å². The lowest BCUT2D eigenvalue weighted by atomic mass is 10.0. The molecular weight excluding hydrogens is 285 g/mol. The van der Waals surface area contributed by atoms with Crippen molar-refractivity contribution >= 4 is 34.8 Å². The largest absolute Gasteiger partial charge is 0.364 e. The summed E-state index contributed by atoms with van der Waals surface area (Å²) in [7, 11) is 1.56. The SMILES string of the molecule is CCc1cc(Cl)cc(CC)c1N(COC)C(=O)CCl. The zero-order valence-corrected chi connectivity index (χ0v) is 13.0. The van der Waals surface area contributed by atoms with Crippen LogP contribution in [0, 0.1) is 0 Å². The molecule has 0 radical (unpaired) electrons. The Labute approximate surface area is 124 Å². The average Bonchev–Trinajstić information content (AvgIpc) is 2.43. The number of hydrogen-bond acceptors (Lipinski definition) is 2. The van der Waals surface area contributed by atoms with Crippen LogP contribution in [0.15, 0.2) is 12.1 Å². The summed E-state index contributed by atoms with van der Waals surface area (Å²) in [6.07, 6.45) is 1.58. The third-order valence-corrected chi connectivity index (χ3v) is 3.38. The van der Waals surface area contributed by atoms with Crippen LogP contribution in [-0.2, 0) is 22.4 Å². The van der Waals surface area contributed by atoms with Crippen molar-refractivity contribution in [2.24, 2.45) is 0 Å². The van der Waals surface area contributed by atoms with Crippen LogP contribution < -0.4 is 4.90 Å². The molecule has 0 aromatic heterocycles. The lowest BCUT2D eigenvalue weighted by Gasteiger charge is -2.26. The number of nitrogens with zero attached hydrogens (tertiary/aromatic N) is 1. The maximum absolute atomic E-state index is 12.0. The van der Waals surface area contributed by atoms with Crippen LogP contribution in [0.25, 0.3) is 0 Å². The highest BCUT2D eigenvalue weighted by atomic mass is 35.5. The molecule has 0 aliphatic rings. The fraction of sp³-hybridized carbons (Fsp3) is 0.500. The highest BCUT2D eigenvalue weighted by Gasteiger charge is 2.20. The van der Waals surface area contributed by atoms with Crippen molar-refractivity contribution in [3.05, 3.63) is 28.3 Å². The van der Waals surface area contributed by atoms with E-state index in [1.165, 1.54) is 0 Å². The van der Waals surface area contributed by atoms with Crippen molar-refractivity contribution in [3.8, 4) is 0 Å². The molecule has 0 bridgehead atoms. The maximum atomic E-state index is 12.0. The van der Waals surface area contributed by atoms with Gasteiger partial charge >= 0.3 is 0 Å². The van der Waals surface area contributed by atoms with Gasteiger partial charge in [0.1, 0.15) is 12.6 Å². The molecule has 1 aromatic rings. The predicted molar refractivity (Wildman–Crippen MR) is 80.3 cm³/mol. The molecule has 0 unspecified atom stereocenters. The number of amides is 1. The van der Waals surface area contributed by atoms with E-state index in [2.05, 4.69) is 0 Å². The number of anilines is 1. The first kappa shape index (κ1) is 16.3. The standard InChI is InChI=1S/C14H19Cl2NO2/c1-4-10-6-12(16)7-11(5-2)14(10)17(9-19-3)13(18)8-15/h6-7H,4-5,8-9H2,1-3H3. The number of methoxy groups -OCH3 is 1. The normalized spacial score (nSPS) is 10.6. The highest BCUT2D eigenvalue weighted by Crippen LogP contribution is 2.31. The van der Waals surface area contributed by atoms with Gasteiger partial charge in [0, 0.05) is 12.1 Å². The molecule has 1 rings (SSSR count). The minimum atomic E-state index is -0.171. The summed E-state index contributed by atoms with van der Waals surface area (Å²) in [4.78, 5) is 13.6. The Kier molecular flexibility index (Phi) is 6.63. The van der Waals surface area contributed by atoms with Gasteiger partial charge < -0.3 is 4.74 Å². The zero-order valence-electron chi connectivity index (χ0n) is 11.5. The van der Waals surface area contributed by atoms with Gasteiger partial charge in [-0.2, -0.15) is 0 Å². The number of benzene rings is 1. The molecule has 0 N–H and O–H groups in total. The minimum Gasteiger partial charge on any atom is -0.364 e. The number of hydrogen-bond donors (Lipinski definition) is 0. The Morgan fingerprint density at radius 3 is 2.16 bits per heavy atom. The fourth-order valence-electron chi connectivity index (χ4n) is 2.07. The monoisotopic (exact) mass is 303 g/mol. The molecule has 0 atom stereocenters. The minimum absolute atomic E-state index is 0.0711. The van der Waals surface area contributed by atoms with Crippen LogP contribution >= 0.6 is 23.2 Å². The van der Waals surface area contributed by atoms with Crippen LogP contribution in [0.4, 0.5) is 5.69 Å². The van der Waals surface area contributed by atoms with E-state index in [0.717, 1.165) is 29.7 Å². The molecule has 5 heteroatoms. The van der Waals surface area contributed by atoms with Crippen LogP contribution in [0.1, 0.15) is 25.0 Å². The molecule has 3 nitrogen and oxygen atoms in total. The summed E-state index contributed by atoms with van der Waals surface area (Å²) in [5, 5.41) is 0.688. The first-order valence-corrected chi connectivity index (χ1v) is 7.16. The Hall–Kier alpha value is -0.770. The van der Waals surface area contributed by atoms with Gasteiger partial charge in [0.05, 0.1) is 5.69 Å². The Bertz CT molecular complexity index is 424. The number of ether oxygens (including phenoxy) is 1. The van der Waals surface area contributed by atoms with Gasteiger partial charge in [-0.1, -0.05) is 25.4 Å². The number of carbonyl (C=O) groups excluding carboxylic acids is 1. The van der Waals surface area contributed by atoms with Crippen LogP contribution in [0.3, 0.4) is 0 Å². The number of alkyl halides is 1. The van der Waals surface area contributed by atoms with Crippen molar-refractivity contribution in [1.82, 2.24) is 0 Å². The summed E-state index contributed by atoms with van der Waals surface area (Å²) in [5.41, 5.74) is 2.93. The van der Waals surface area contributed by atoms with Crippen LogP contribution in [0.5, 0.6) is 0 Å². The van der Waals surface area contributed by atoms with Gasteiger partial charge in [0.25, 0.3) is 0 Å². The van der Waals surface area contributed by atoms with Crippen molar-refractivity contribution in [2.75, 3.05) is 24.6 Å². The molecule has 19 heavy (non-hydrogen) atoms.